The number of rotatable bonds is 2. The van der Waals surface area contributed by atoms with Crippen molar-refractivity contribution < 1.29 is 0 Å². The molecule has 0 saturated heterocycles. The number of thiophene rings is 2. The Morgan fingerprint density at radius 3 is 2.73 bits per heavy atom. The fourth-order valence-corrected chi connectivity index (χ4v) is 3.05. The smallest absolute Gasteiger partial charge is 0.177 e. The Hall–Kier alpha value is -1.53. The van der Waals surface area contributed by atoms with Gasteiger partial charge in [-0.1, -0.05) is 6.07 Å². The van der Waals surface area contributed by atoms with Crippen molar-refractivity contribution in [2.45, 2.75) is 0 Å². The predicted octanol–water partition coefficient (Wildman–Crippen LogP) is 2.66. The maximum absolute atomic E-state index is 3.95. The molecule has 0 aliphatic carbocycles. The number of H-pyrrole nitrogens is 1. The summed E-state index contributed by atoms with van der Waals surface area (Å²) in [5.41, 5.74) is 0. The third-order valence-corrected chi connectivity index (χ3v) is 4.08. The summed E-state index contributed by atoms with van der Waals surface area (Å²) >= 11 is 3.41. The fraction of sp³-hybridized carbons (Fsp3) is 0. The third-order valence-electron chi connectivity index (χ3n) is 1.94. The van der Waals surface area contributed by atoms with Crippen LogP contribution in [0.3, 0.4) is 0 Å². The molecule has 1 N–H and O–H groups in total. The number of aromatic amines is 1. The zero-order valence-corrected chi connectivity index (χ0v) is 9.18. The molecule has 0 amide bonds. The maximum atomic E-state index is 3.95. The molecule has 0 atom stereocenters. The summed E-state index contributed by atoms with van der Waals surface area (Å²) in [4.78, 5) is 3.55. The summed E-state index contributed by atoms with van der Waals surface area (Å²) in [6.07, 6.45) is 0. The standard InChI is InChI=1S/C9H6N4S2/c1-2-6(14-5-1)7-3-4-8(15-7)9-10-12-13-11-9/h1-5H,(H,10,11,12,13). The van der Waals surface area contributed by atoms with Crippen molar-refractivity contribution in [3.63, 3.8) is 0 Å². The van der Waals surface area contributed by atoms with Gasteiger partial charge in [0, 0.05) is 9.75 Å². The van der Waals surface area contributed by atoms with Gasteiger partial charge in [-0.25, -0.2) is 0 Å². The average Bonchev–Trinajstić information content (AvgIpc) is 3.02. The van der Waals surface area contributed by atoms with Crippen LogP contribution in [0, 0.1) is 0 Å². The van der Waals surface area contributed by atoms with Gasteiger partial charge in [0.2, 0.25) is 5.82 Å². The van der Waals surface area contributed by atoms with Crippen LogP contribution < -0.4 is 0 Å². The lowest BCUT2D eigenvalue weighted by molar-refractivity contribution is 0.881. The van der Waals surface area contributed by atoms with Crippen LogP contribution in [0.15, 0.2) is 29.6 Å². The van der Waals surface area contributed by atoms with Crippen molar-refractivity contribution in [2.75, 3.05) is 0 Å². The van der Waals surface area contributed by atoms with E-state index in [1.54, 1.807) is 22.7 Å². The summed E-state index contributed by atoms with van der Waals surface area (Å²) in [5.74, 6) is 0.655. The van der Waals surface area contributed by atoms with Crippen molar-refractivity contribution in [2.24, 2.45) is 0 Å². The van der Waals surface area contributed by atoms with E-state index in [9.17, 15) is 0 Å². The van der Waals surface area contributed by atoms with E-state index in [4.69, 9.17) is 0 Å². The van der Waals surface area contributed by atoms with E-state index in [1.807, 2.05) is 12.1 Å². The largest absolute Gasteiger partial charge is 0.214 e. The number of aromatic nitrogens is 4. The van der Waals surface area contributed by atoms with Gasteiger partial charge in [-0.2, -0.15) is 5.21 Å². The lowest BCUT2D eigenvalue weighted by Crippen LogP contribution is -1.73. The highest BCUT2D eigenvalue weighted by atomic mass is 32.1. The maximum Gasteiger partial charge on any atom is 0.214 e. The molecule has 0 fully saturated rings. The first kappa shape index (κ1) is 8.75. The molecule has 0 unspecified atom stereocenters. The van der Waals surface area contributed by atoms with E-state index in [-0.39, 0.29) is 0 Å². The van der Waals surface area contributed by atoms with Gasteiger partial charge in [0.25, 0.3) is 0 Å². The van der Waals surface area contributed by atoms with Gasteiger partial charge in [-0.15, -0.1) is 32.9 Å². The predicted molar refractivity (Wildman–Crippen MR) is 60.8 cm³/mol. The second-order valence-corrected chi connectivity index (χ2v) is 4.91. The van der Waals surface area contributed by atoms with E-state index in [2.05, 4.69) is 38.1 Å². The van der Waals surface area contributed by atoms with E-state index in [0.29, 0.717) is 5.82 Å². The molecule has 0 spiro atoms. The Morgan fingerprint density at radius 1 is 1.07 bits per heavy atom. The van der Waals surface area contributed by atoms with Crippen molar-refractivity contribution in [1.29, 1.82) is 0 Å². The fourth-order valence-electron chi connectivity index (χ4n) is 1.28. The topological polar surface area (TPSA) is 54.5 Å². The van der Waals surface area contributed by atoms with Crippen molar-refractivity contribution >= 4 is 22.7 Å². The molecule has 15 heavy (non-hydrogen) atoms. The molecule has 0 saturated carbocycles. The van der Waals surface area contributed by atoms with Crippen LogP contribution in [0.25, 0.3) is 20.5 Å². The van der Waals surface area contributed by atoms with Crippen LogP contribution in [0.2, 0.25) is 0 Å². The Morgan fingerprint density at radius 2 is 2.00 bits per heavy atom. The SMILES string of the molecule is c1csc(-c2ccc(-c3nn[nH]n3)s2)c1. The molecule has 0 aromatic carbocycles. The Bertz CT molecular complexity index is 490. The summed E-state index contributed by atoms with van der Waals surface area (Å²) in [7, 11) is 0. The molecule has 74 valence electrons. The molecule has 3 rings (SSSR count). The Labute approximate surface area is 93.6 Å². The van der Waals surface area contributed by atoms with Crippen LogP contribution in [0.1, 0.15) is 0 Å². The van der Waals surface area contributed by atoms with Crippen LogP contribution in [-0.4, -0.2) is 20.6 Å². The van der Waals surface area contributed by atoms with Gasteiger partial charge in [0.05, 0.1) is 4.88 Å². The highest BCUT2D eigenvalue weighted by molar-refractivity contribution is 7.23. The van der Waals surface area contributed by atoms with Gasteiger partial charge in [0.1, 0.15) is 0 Å². The second-order valence-electron chi connectivity index (χ2n) is 2.88. The van der Waals surface area contributed by atoms with Gasteiger partial charge in [0.15, 0.2) is 0 Å². The molecule has 3 heterocycles. The third kappa shape index (κ3) is 1.57. The number of nitrogens with one attached hydrogen (secondary N) is 1. The number of hydrogen-bond donors (Lipinski definition) is 1. The van der Waals surface area contributed by atoms with E-state index in [0.717, 1.165) is 4.88 Å². The van der Waals surface area contributed by atoms with Crippen LogP contribution in [-0.2, 0) is 0 Å². The molecular weight excluding hydrogens is 228 g/mol. The lowest BCUT2D eigenvalue weighted by Gasteiger charge is -1.87. The van der Waals surface area contributed by atoms with Crippen molar-refractivity contribution in [1.82, 2.24) is 20.6 Å². The van der Waals surface area contributed by atoms with Gasteiger partial charge in [-0.3, -0.25) is 0 Å². The minimum Gasteiger partial charge on any atom is -0.177 e. The normalized spacial score (nSPS) is 10.7. The zero-order chi connectivity index (χ0) is 10.1. The first-order valence-electron chi connectivity index (χ1n) is 4.31. The van der Waals surface area contributed by atoms with Crippen LogP contribution in [0.5, 0.6) is 0 Å². The number of nitrogens with zero attached hydrogens (tertiary/aromatic N) is 3. The Kier molecular flexibility index (Phi) is 2.08. The highest BCUT2D eigenvalue weighted by Crippen LogP contribution is 2.34. The minimum absolute atomic E-state index is 0.655. The Balaban J connectivity index is 2.02. The van der Waals surface area contributed by atoms with Crippen LogP contribution in [0.4, 0.5) is 0 Å². The summed E-state index contributed by atoms with van der Waals surface area (Å²) < 4.78 is 0. The van der Waals surface area contributed by atoms with E-state index in [1.165, 1.54) is 9.75 Å². The van der Waals surface area contributed by atoms with Crippen molar-refractivity contribution in [3.05, 3.63) is 29.6 Å². The molecule has 0 aliphatic heterocycles. The number of hydrogen-bond acceptors (Lipinski definition) is 5. The molecule has 3 aromatic rings. The molecular formula is C9H6N4S2. The van der Waals surface area contributed by atoms with E-state index >= 15 is 0 Å². The van der Waals surface area contributed by atoms with Gasteiger partial charge in [-0.05, 0) is 28.8 Å². The quantitative estimate of drug-likeness (QED) is 0.741. The molecule has 0 aliphatic rings. The summed E-state index contributed by atoms with van der Waals surface area (Å²) in [6.45, 7) is 0. The monoisotopic (exact) mass is 234 g/mol. The summed E-state index contributed by atoms with van der Waals surface area (Å²) in [6, 6.07) is 8.26. The molecule has 4 nitrogen and oxygen atoms in total. The molecule has 0 bridgehead atoms. The van der Waals surface area contributed by atoms with Gasteiger partial charge >= 0.3 is 0 Å². The first-order chi connectivity index (χ1) is 7.43. The lowest BCUT2D eigenvalue weighted by atomic mass is 10.3. The first-order valence-corrected chi connectivity index (χ1v) is 6.00. The minimum atomic E-state index is 0.655. The summed E-state index contributed by atoms with van der Waals surface area (Å²) in [5, 5.41) is 16.0. The molecule has 0 radical (unpaired) electrons. The van der Waals surface area contributed by atoms with Gasteiger partial charge < -0.3 is 0 Å². The average molecular weight is 234 g/mol. The number of tetrazole rings is 1. The zero-order valence-electron chi connectivity index (χ0n) is 7.54. The van der Waals surface area contributed by atoms with Crippen molar-refractivity contribution in [3.8, 4) is 20.5 Å². The highest BCUT2D eigenvalue weighted by Gasteiger charge is 2.08. The molecule has 3 aromatic heterocycles. The second kappa shape index (κ2) is 3.56. The molecule has 6 heteroatoms. The van der Waals surface area contributed by atoms with Crippen LogP contribution >= 0.6 is 22.7 Å². The van der Waals surface area contributed by atoms with E-state index < -0.39 is 0 Å².